The van der Waals surface area contributed by atoms with Gasteiger partial charge in [-0.2, -0.15) is 0 Å². The molecule has 1 aromatic carbocycles. The topological polar surface area (TPSA) is 78.9 Å². The Kier molecular flexibility index (Phi) is 6.63. The first kappa shape index (κ1) is 18.9. The lowest BCUT2D eigenvalue weighted by atomic mass is 9.86. The second kappa shape index (κ2) is 9.14. The molecule has 1 aliphatic carbocycles. The van der Waals surface area contributed by atoms with Gasteiger partial charge in [-0.3, -0.25) is 14.5 Å². The van der Waals surface area contributed by atoms with Crippen LogP contribution < -0.4 is 5.32 Å². The molecule has 3 rings (SSSR count). The van der Waals surface area contributed by atoms with Gasteiger partial charge in [-0.1, -0.05) is 30.3 Å². The summed E-state index contributed by atoms with van der Waals surface area (Å²) in [5, 5.41) is 12.1. The van der Waals surface area contributed by atoms with Crippen molar-refractivity contribution in [2.45, 2.75) is 50.8 Å². The number of hydrogen-bond acceptors (Lipinski definition) is 4. The first-order valence-electron chi connectivity index (χ1n) is 9.50. The van der Waals surface area contributed by atoms with E-state index >= 15 is 0 Å². The molecule has 1 heterocycles. The molecule has 142 valence electrons. The normalized spacial score (nSPS) is 27.0. The molecular formula is C20H28N2O4. The quantitative estimate of drug-likeness (QED) is 0.812. The summed E-state index contributed by atoms with van der Waals surface area (Å²) >= 11 is 0. The molecule has 2 aliphatic rings. The third kappa shape index (κ3) is 5.54. The number of ether oxygens (including phenoxy) is 1. The van der Waals surface area contributed by atoms with Gasteiger partial charge < -0.3 is 15.2 Å². The Morgan fingerprint density at radius 2 is 1.88 bits per heavy atom. The summed E-state index contributed by atoms with van der Waals surface area (Å²) in [5.74, 6) is -0.962. The molecule has 1 unspecified atom stereocenters. The summed E-state index contributed by atoms with van der Waals surface area (Å²) in [5.41, 5.74) is 1.27. The number of carboxylic acid groups (broad SMARTS) is 1. The van der Waals surface area contributed by atoms with Crippen molar-refractivity contribution in [3.63, 3.8) is 0 Å². The van der Waals surface area contributed by atoms with Crippen molar-refractivity contribution in [2.24, 2.45) is 5.92 Å². The number of benzene rings is 1. The first-order valence-corrected chi connectivity index (χ1v) is 9.50. The molecule has 1 aliphatic heterocycles. The Bertz CT molecular complexity index is 599. The van der Waals surface area contributed by atoms with Crippen molar-refractivity contribution in [2.75, 3.05) is 19.7 Å². The zero-order valence-electron chi connectivity index (χ0n) is 15.1. The van der Waals surface area contributed by atoms with Crippen molar-refractivity contribution in [1.29, 1.82) is 0 Å². The van der Waals surface area contributed by atoms with Crippen molar-refractivity contribution in [3.05, 3.63) is 35.9 Å². The fourth-order valence-corrected chi connectivity index (χ4v) is 3.87. The fraction of sp³-hybridized carbons (Fsp3) is 0.600. The Balaban J connectivity index is 1.40. The van der Waals surface area contributed by atoms with Crippen LogP contribution in [-0.2, 0) is 20.9 Å². The predicted octanol–water partition coefficient (Wildman–Crippen LogP) is 2.04. The summed E-state index contributed by atoms with van der Waals surface area (Å²) in [6.45, 7) is 3.16. The number of rotatable bonds is 6. The number of carbonyl (C=O) groups is 2. The molecule has 6 nitrogen and oxygen atoms in total. The lowest BCUT2D eigenvalue weighted by Crippen LogP contribution is -2.45. The van der Waals surface area contributed by atoms with Crippen LogP contribution >= 0.6 is 0 Å². The van der Waals surface area contributed by atoms with Gasteiger partial charge >= 0.3 is 5.97 Å². The highest BCUT2D eigenvalue weighted by Gasteiger charge is 2.28. The molecule has 0 radical (unpaired) electrons. The van der Waals surface area contributed by atoms with Gasteiger partial charge in [-0.15, -0.1) is 0 Å². The minimum absolute atomic E-state index is 0.00957. The van der Waals surface area contributed by atoms with Gasteiger partial charge in [-0.25, -0.2) is 0 Å². The van der Waals surface area contributed by atoms with Gasteiger partial charge in [0.2, 0.25) is 5.91 Å². The minimum Gasteiger partial charge on any atom is -0.481 e. The average molecular weight is 360 g/mol. The van der Waals surface area contributed by atoms with E-state index in [-0.39, 0.29) is 24.0 Å². The third-order valence-electron chi connectivity index (χ3n) is 5.33. The zero-order chi connectivity index (χ0) is 18.4. The number of aliphatic carboxylic acids is 1. The second-order valence-electron chi connectivity index (χ2n) is 7.37. The van der Waals surface area contributed by atoms with E-state index < -0.39 is 5.97 Å². The van der Waals surface area contributed by atoms with Crippen LogP contribution in [0.25, 0.3) is 0 Å². The highest BCUT2D eigenvalue weighted by Crippen LogP contribution is 2.24. The summed E-state index contributed by atoms with van der Waals surface area (Å²) in [4.78, 5) is 25.7. The number of carbonyl (C=O) groups excluding carboxylic acids is 1. The number of carboxylic acids is 1. The lowest BCUT2D eigenvalue weighted by Gasteiger charge is -2.33. The first-order chi connectivity index (χ1) is 12.6. The molecule has 2 N–H and O–H groups in total. The van der Waals surface area contributed by atoms with Gasteiger partial charge in [0.05, 0.1) is 25.0 Å². The van der Waals surface area contributed by atoms with Crippen LogP contribution in [0.2, 0.25) is 0 Å². The molecular weight excluding hydrogens is 332 g/mol. The fourth-order valence-electron chi connectivity index (χ4n) is 3.87. The maximum atomic E-state index is 12.3. The molecule has 1 atom stereocenters. The van der Waals surface area contributed by atoms with Crippen LogP contribution in [0.1, 0.15) is 37.7 Å². The zero-order valence-corrected chi connectivity index (χ0v) is 15.1. The molecule has 26 heavy (non-hydrogen) atoms. The van der Waals surface area contributed by atoms with Crippen molar-refractivity contribution >= 4 is 11.9 Å². The van der Waals surface area contributed by atoms with Gasteiger partial charge in [-0.05, 0) is 31.2 Å². The maximum absolute atomic E-state index is 12.3. The largest absolute Gasteiger partial charge is 0.481 e. The standard InChI is InChI=1S/C20H28N2O4/c23-19(21-17-8-6-16(7-9-17)20(24)25)12-18-14-22(10-11-26-18)13-15-4-2-1-3-5-15/h1-5,16-18H,6-14H2,(H,21,23)(H,24,25). The van der Waals surface area contributed by atoms with E-state index in [0.29, 0.717) is 25.9 Å². The lowest BCUT2D eigenvalue weighted by molar-refractivity contribution is -0.142. The number of nitrogens with zero attached hydrogens (tertiary/aromatic N) is 1. The average Bonchev–Trinajstić information content (AvgIpc) is 2.63. The Labute approximate surface area is 154 Å². The molecule has 1 amide bonds. The van der Waals surface area contributed by atoms with E-state index in [4.69, 9.17) is 9.84 Å². The monoisotopic (exact) mass is 360 g/mol. The molecule has 6 heteroatoms. The van der Waals surface area contributed by atoms with Crippen LogP contribution in [0, 0.1) is 5.92 Å². The minimum atomic E-state index is -0.719. The second-order valence-corrected chi connectivity index (χ2v) is 7.37. The molecule has 0 spiro atoms. The summed E-state index contributed by atoms with van der Waals surface area (Å²) < 4.78 is 5.77. The number of amides is 1. The van der Waals surface area contributed by atoms with Gasteiger partial charge in [0, 0.05) is 25.7 Å². The van der Waals surface area contributed by atoms with Crippen LogP contribution in [0.3, 0.4) is 0 Å². The summed E-state index contributed by atoms with van der Waals surface area (Å²) in [7, 11) is 0. The van der Waals surface area contributed by atoms with Crippen LogP contribution in [0.5, 0.6) is 0 Å². The van der Waals surface area contributed by atoms with E-state index in [1.165, 1.54) is 5.56 Å². The van der Waals surface area contributed by atoms with Crippen LogP contribution in [-0.4, -0.2) is 53.7 Å². The third-order valence-corrected chi connectivity index (χ3v) is 5.33. The van der Waals surface area contributed by atoms with Gasteiger partial charge in [0.15, 0.2) is 0 Å². The van der Waals surface area contributed by atoms with Crippen LogP contribution in [0.4, 0.5) is 0 Å². The molecule has 1 aromatic rings. The van der Waals surface area contributed by atoms with E-state index in [0.717, 1.165) is 32.5 Å². The number of nitrogens with one attached hydrogen (secondary N) is 1. The van der Waals surface area contributed by atoms with E-state index in [2.05, 4.69) is 22.3 Å². The summed E-state index contributed by atoms with van der Waals surface area (Å²) in [6.07, 6.45) is 3.06. The molecule has 0 aromatic heterocycles. The Morgan fingerprint density at radius 3 is 2.58 bits per heavy atom. The van der Waals surface area contributed by atoms with E-state index in [1.807, 2.05) is 18.2 Å². The van der Waals surface area contributed by atoms with Crippen molar-refractivity contribution in [1.82, 2.24) is 10.2 Å². The maximum Gasteiger partial charge on any atom is 0.306 e. The molecule has 1 saturated carbocycles. The van der Waals surface area contributed by atoms with Crippen molar-refractivity contribution < 1.29 is 19.4 Å². The van der Waals surface area contributed by atoms with Gasteiger partial charge in [0.1, 0.15) is 0 Å². The van der Waals surface area contributed by atoms with E-state index in [1.54, 1.807) is 0 Å². The van der Waals surface area contributed by atoms with Gasteiger partial charge in [0.25, 0.3) is 0 Å². The predicted molar refractivity (Wildman–Crippen MR) is 97.6 cm³/mol. The van der Waals surface area contributed by atoms with Crippen LogP contribution in [0.15, 0.2) is 30.3 Å². The highest BCUT2D eigenvalue weighted by atomic mass is 16.5. The number of morpholine rings is 1. The molecule has 0 bridgehead atoms. The van der Waals surface area contributed by atoms with Crippen molar-refractivity contribution in [3.8, 4) is 0 Å². The highest BCUT2D eigenvalue weighted by molar-refractivity contribution is 5.77. The number of hydrogen-bond donors (Lipinski definition) is 2. The Hall–Kier alpha value is -1.92. The molecule has 2 fully saturated rings. The SMILES string of the molecule is O=C(CC1CN(Cc2ccccc2)CCO1)NC1CCC(C(=O)O)CC1. The molecule has 1 saturated heterocycles. The smallest absolute Gasteiger partial charge is 0.306 e. The Morgan fingerprint density at radius 1 is 1.15 bits per heavy atom. The summed E-state index contributed by atoms with van der Waals surface area (Å²) in [6, 6.07) is 10.4. The van der Waals surface area contributed by atoms with E-state index in [9.17, 15) is 9.59 Å².